The lowest BCUT2D eigenvalue weighted by Gasteiger charge is -2.06. The molecule has 0 saturated carbocycles. The fourth-order valence-corrected chi connectivity index (χ4v) is 3.17. The average Bonchev–Trinajstić information content (AvgIpc) is 3.08. The summed E-state index contributed by atoms with van der Waals surface area (Å²) >= 11 is 1.60. The Labute approximate surface area is 127 Å². The van der Waals surface area contributed by atoms with Crippen LogP contribution in [0.4, 0.5) is 0 Å². The molecule has 110 valence electrons. The topological polar surface area (TPSA) is 65.4 Å². The predicted octanol–water partition coefficient (Wildman–Crippen LogP) is 2.75. The SMILES string of the molecule is CCOc1cccc(-c2csc3nnc(CCCN)n23)c1. The monoisotopic (exact) mass is 302 g/mol. The molecule has 2 N–H and O–H groups in total. The van der Waals surface area contributed by atoms with Gasteiger partial charge in [-0.3, -0.25) is 4.40 Å². The van der Waals surface area contributed by atoms with E-state index in [0.717, 1.165) is 40.6 Å². The van der Waals surface area contributed by atoms with E-state index in [1.54, 1.807) is 11.3 Å². The van der Waals surface area contributed by atoms with Crippen molar-refractivity contribution in [2.24, 2.45) is 5.73 Å². The highest BCUT2D eigenvalue weighted by molar-refractivity contribution is 7.15. The van der Waals surface area contributed by atoms with Crippen LogP contribution in [0, 0.1) is 0 Å². The third-order valence-electron chi connectivity index (χ3n) is 3.26. The van der Waals surface area contributed by atoms with Crippen molar-refractivity contribution in [3.63, 3.8) is 0 Å². The number of rotatable bonds is 6. The van der Waals surface area contributed by atoms with Crippen molar-refractivity contribution in [1.29, 1.82) is 0 Å². The first-order valence-corrected chi connectivity index (χ1v) is 7.96. The van der Waals surface area contributed by atoms with Crippen LogP contribution in [-0.2, 0) is 6.42 Å². The summed E-state index contributed by atoms with van der Waals surface area (Å²) in [6, 6.07) is 8.11. The summed E-state index contributed by atoms with van der Waals surface area (Å²) in [4.78, 5) is 0.916. The molecule has 2 heterocycles. The minimum absolute atomic E-state index is 0.661. The Balaban J connectivity index is 2.03. The van der Waals surface area contributed by atoms with Gasteiger partial charge < -0.3 is 10.5 Å². The lowest BCUT2D eigenvalue weighted by Crippen LogP contribution is -2.03. The molecular formula is C15H18N4OS. The Morgan fingerprint density at radius 2 is 2.24 bits per heavy atom. The summed E-state index contributed by atoms with van der Waals surface area (Å²) < 4.78 is 7.70. The van der Waals surface area contributed by atoms with Crippen molar-refractivity contribution in [2.45, 2.75) is 19.8 Å². The molecule has 0 fully saturated rings. The van der Waals surface area contributed by atoms with Crippen LogP contribution in [0.3, 0.4) is 0 Å². The normalized spacial score (nSPS) is 11.1. The zero-order valence-corrected chi connectivity index (χ0v) is 12.8. The van der Waals surface area contributed by atoms with Crippen LogP contribution in [-0.4, -0.2) is 27.7 Å². The lowest BCUT2D eigenvalue weighted by atomic mass is 10.1. The van der Waals surface area contributed by atoms with E-state index < -0.39 is 0 Å². The van der Waals surface area contributed by atoms with Crippen LogP contribution in [0.2, 0.25) is 0 Å². The largest absolute Gasteiger partial charge is 0.494 e. The second-order valence-electron chi connectivity index (χ2n) is 4.71. The molecule has 0 amide bonds. The van der Waals surface area contributed by atoms with E-state index in [1.165, 1.54) is 0 Å². The maximum atomic E-state index is 5.60. The van der Waals surface area contributed by atoms with Gasteiger partial charge in [0.1, 0.15) is 11.6 Å². The smallest absolute Gasteiger partial charge is 0.216 e. The number of benzene rings is 1. The summed E-state index contributed by atoms with van der Waals surface area (Å²) in [5, 5.41) is 10.6. The van der Waals surface area contributed by atoms with Gasteiger partial charge in [0, 0.05) is 17.4 Å². The van der Waals surface area contributed by atoms with Crippen LogP contribution in [0.1, 0.15) is 19.2 Å². The van der Waals surface area contributed by atoms with Crippen LogP contribution in [0.15, 0.2) is 29.6 Å². The van der Waals surface area contributed by atoms with E-state index in [-0.39, 0.29) is 0 Å². The third-order valence-corrected chi connectivity index (χ3v) is 4.08. The van der Waals surface area contributed by atoms with Gasteiger partial charge >= 0.3 is 0 Å². The number of aryl methyl sites for hydroxylation is 1. The number of nitrogens with zero attached hydrogens (tertiary/aromatic N) is 3. The molecule has 3 aromatic rings. The molecule has 0 aliphatic carbocycles. The second kappa shape index (κ2) is 6.24. The van der Waals surface area contributed by atoms with Crippen molar-refractivity contribution < 1.29 is 4.74 Å². The molecule has 0 radical (unpaired) electrons. The minimum Gasteiger partial charge on any atom is -0.494 e. The second-order valence-corrected chi connectivity index (χ2v) is 5.54. The highest BCUT2D eigenvalue weighted by Gasteiger charge is 2.13. The minimum atomic E-state index is 0.661. The fourth-order valence-electron chi connectivity index (χ4n) is 2.31. The van der Waals surface area contributed by atoms with E-state index >= 15 is 0 Å². The predicted molar refractivity (Wildman–Crippen MR) is 84.8 cm³/mol. The van der Waals surface area contributed by atoms with Crippen LogP contribution in [0.5, 0.6) is 5.75 Å². The molecule has 0 spiro atoms. The first-order chi connectivity index (χ1) is 10.3. The lowest BCUT2D eigenvalue weighted by molar-refractivity contribution is 0.340. The van der Waals surface area contributed by atoms with Crippen LogP contribution in [0.25, 0.3) is 16.2 Å². The Bertz CT molecular complexity index is 734. The molecular weight excluding hydrogens is 284 g/mol. The van der Waals surface area contributed by atoms with Gasteiger partial charge in [0.15, 0.2) is 0 Å². The van der Waals surface area contributed by atoms with Gasteiger partial charge in [-0.15, -0.1) is 21.5 Å². The summed E-state index contributed by atoms with van der Waals surface area (Å²) in [6.45, 7) is 3.31. The Hall–Kier alpha value is -1.92. The molecule has 0 atom stereocenters. The van der Waals surface area contributed by atoms with E-state index in [4.69, 9.17) is 10.5 Å². The number of hydrogen-bond acceptors (Lipinski definition) is 5. The van der Waals surface area contributed by atoms with E-state index in [9.17, 15) is 0 Å². The molecule has 5 nitrogen and oxygen atoms in total. The molecule has 3 rings (SSSR count). The van der Waals surface area contributed by atoms with Gasteiger partial charge in [0.25, 0.3) is 0 Å². The maximum absolute atomic E-state index is 5.60. The van der Waals surface area contributed by atoms with Crippen LogP contribution < -0.4 is 10.5 Å². The molecule has 6 heteroatoms. The molecule has 21 heavy (non-hydrogen) atoms. The van der Waals surface area contributed by atoms with E-state index in [2.05, 4.69) is 32.1 Å². The first-order valence-electron chi connectivity index (χ1n) is 7.08. The Morgan fingerprint density at radius 3 is 3.05 bits per heavy atom. The van der Waals surface area contributed by atoms with Gasteiger partial charge in [-0.05, 0) is 32.0 Å². The van der Waals surface area contributed by atoms with Gasteiger partial charge in [0.05, 0.1) is 12.3 Å². The zero-order valence-electron chi connectivity index (χ0n) is 12.0. The number of nitrogens with two attached hydrogens (primary N) is 1. The van der Waals surface area contributed by atoms with Crippen molar-refractivity contribution in [3.8, 4) is 17.0 Å². The van der Waals surface area contributed by atoms with E-state index in [0.29, 0.717) is 13.2 Å². The highest BCUT2D eigenvalue weighted by Crippen LogP contribution is 2.29. The molecule has 0 aliphatic rings. The molecule has 0 aliphatic heterocycles. The first kappa shape index (κ1) is 14.0. The summed E-state index contributed by atoms with van der Waals surface area (Å²) in [7, 11) is 0. The van der Waals surface area contributed by atoms with Crippen molar-refractivity contribution in [3.05, 3.63) is 35.5 Å². The van der Waals surface area contributed by atoms with Crippen LogP contribution >= 0.6 is 11.3 Å². The summed E-state index contributed by atoms with van der Waals surface area (Å²) in [5.74, 6) is 1.85. The Morgan fingerprint density at radius 1 is 1.33 bits per heavy atom. The van der Waals surface area contributed by atoms with Gasteiger partial charge in [-0.1, -0.05) is 12.1 Å². The molecule has 0 bridgehead atoms. The molecule has 2 aromatic heterocycles. The Kier molecular flexibility index (Phi) is 4.17. The standard InChI is InChI=1S/C15H18N4OS/c1-2-20-12-6-3-5-11(9-12)13-10-21-15-18-17-14(19(13)15)7-4-8-16/h3,5-6,9-10H,2,4,7-8,16H2,1H3. The molecule has 0 unspecified atom stereocenters. The quantitative estimate of drug-likeness (QED) is 0.760. The van der Waals surface area contributed by atoms with Crippen molar-refractivity contribution in [1.82, 2.24) is 14.6 Å². The highest BCUT2D eigenvalue weighted by atomic mass is 32.1. The number of ether oxygens (including phenoxy) is 1. The average molecular weight is 302 g/mol. The molecule has 0 saturated heterocycles. The summed E-state index contributed by atoms with van der Waals surface area (Å²) in [6.07, 6.45) is 1.75. The number of aromatic nitrogens is 3. The van der Waals surface area contributed by atoms with Gasteiger partial charge in [0.2, 0.25) is 4.96 Å². The maximum Gasteiger partial charge on any atom is 0.216 e. The van der Waals surface area contributed by atoms with Gasteiger partial charge in [-0.2, -0.15) is 0 Å². The fraction of sp³-hybridized carbons (Fsp3) is 0.333. The van der Waals surface area contributed by atoms with Crippen molar-refractivity contribution >= 4 is 16.3 Å². The number of thiazole rings is 1. The molecule has 1 aromatic carbocycles. The number of hydrogen-bond donors (Lipinski definition) is 1. The summed E-state index contributed by atoms with van der Waals surface area (Å²) in [5.41, 5.74) is 7.81. The number of fused-ring (bicyclic) bond motifs is 1. The zero-order chi connectivity index (χ0) is 14.7. The van der Waals surface area contributed by atoms with E-state index in [1.807, 2.05) is 19.1 Å². The third kappa shape index (κ3) is 2.77. The van der Waals surface area contributed by atoms with Crippen molar-refractivity contribution in [2.75, 3.05) is 13.2 Å². The van der Waals surface area contributed by atoms with Gasteiger partial charge in [-0.25, -0.2) is 0 Å².